The Morgan fingerprint density at radius 3 is 2.17 bits per heavy atom. The maximum atomic E-state index is 13.7. The zero-order valence-corrected chi connectivity index (χ0v) is 25.2. The number of nitrogens with zero attached hydrogens (tertiary/aromatic N) is 5. The van der Waals surface area contributed by atoms with E-state index in [4.69, 9.17) is 11.6 Å². The molecule has 3 aliphatic rings. The molecule has 8 nitrogen and oxygen atoms in total. The Balaban J connectivity index is 1.15. The Kier molecular flexibility index (Phi) is 9.19. The highest BCUT2D eigenvalue weighted by Crippen LogP contribution is 2.33. The standard InChI is InChI=1S/C32H42ClN5O3/c1-23-10-11-29(18-30(23)33)38(31(40)25-12-16-36(17-13-25)24(2)39)15-7-14-35-19-26-21-37(22-27(26)20-35)32(41)34(3)28-8-5-4-6-9-28/h4-6,8-11,18,25-27H,7,12-17,19-22H2,1-3H3. The Labute approximate surface area is 248 Å². The van der Waals surface area contributed by atoms with Crippen LogP contribution in [-0.4, -0.2) is 92.0 Å². The molecule has 2 unspecified atom stereocenters. The maximum absolute atomic E-state index is 13.7. The summed E-state index contributed by atoms with van der Waals surface area (Å²) in [5, 5.41) is 0.663. The van der Waals surface area contributed by atoms with Gasteiger partial charge in [0.05, 0.1) is 0 Å². The third-order valence-electron chi connectivity index (χ3n) is 9.14. The lowest BCUT2D eigenvalue weighted by atomic mass is 9.94. The number of benzene rings is 2. The molecule has 4 amide bonds. The van der Waals surface area contributed by atoms with E-state index in [2.05, 4.69) is 4.90 Å². The molecule has 3 aliphatic heterocycles. The lowest BCUT2D eigenvalue weighted by molar-refractivity contribution is -0.133. The van der Waals surface area contributed by atoms with Gasteiger partial charge in [0.15, 0.2) is 0 Å². The second-order valence-electron chi connectivity index (χ2n) is 11.9. The van der Waals surface area contributed by atoms with E-state index in [0.717, 1.165) is 56.1 Å². The highest BCUT2D eigenvalue weighted by atomic mass is 35.5. The Morgan fingerprint density at radius 2 is 1.56 bits per heavy atom. The third-order valence-corrected chi connectivity index (χ3v) is 9.55. The van der Waals surface area contributed by atoms with Crippen molar-refractivity contribution in [3.63, 3.8) is 0 Å². The van der Waals surface area contributed by atoms with Crippen LogP contribution in [0.4, 0.5) is 16.2 Å². The molecule has 9 heteroatoms. The van der Waals surface area contributed by atoms with Crippen LogP contribution in [-0.2, 0) is 9.59 Å². The van der Waals surface area contributed by atoms with E-state index >= 15 is 0 Å². The van der Waals surface area contributed by atoms with Crippen molar-refractivity contribution in [1.29, 1.82) is 0 Å². The Morgan fingerprint density at radius 1 is 0.902 bits per heavy atom. The maximum Gasteiger partial charge on any atom is 0.324 e. The number of piperidine rings is 1. The van der Waals surface area contributed by atoms with Crippen molar-refractivity contribution in [2.45, 2.75) is 33.1 Å². The molecule has 0 radical (unpaired) electrons. The summed E-state index contributed by atoms with van der Waals surface area (Å²) in [6, 6.07) is 15.7. The largest absolute Gasteiger partial charge is 0.343 e. The zero-order chi connectivity index (χ0) is 29.1. The van der Waals surface area contributed by atoms with Gasteiger partial charge in [-0.1, -0.05) is 35.9 Å². The van der Waals surface area contributed by atoms with E-state index in [-0.39, 0.29) is 23.8 Å². The van der Waals surface area contributed by atoms with Gasteiger partial charge in [-0.05, 0) is 74.4 Å². The molecule has 0 aliphatic carbocycles. The molecular formula is C32H42ClN5O3. The summed E-state index contributed by atoms with van der Waals surface area (Å²) < 4.78 is 0. The highest BCUT2D eigenvalue weighted by Gasteiger charge is 2.42. The van der Waals surface area contributed by atoms with Gasteiger partial charge >= 0.3 is 6.03 Å². The minimum Gasteiger partial charge on any atom is -0.343 e. The van der Waals surface area contributed by atoms with Gasteiger partial charge in [0.1, 0.15) is 0 Å². The number of anilines is 2. The lowest BCUT2D eigenvalue weighted by Crippen LogP contribution is -2.44. The summed E-state index contributed by atoms with van der Waals surface area (Å²) in [7, 11) is 1.85. The number of rotatable bonds is 7. The average Bonchev–Trinajstić information content (AvgIpc) is 3.55. The van der Waals surface area contributed by atoms with Crippen LogP contribution in [0, 0.1) is 24.7 Å². The average molecular weight is 580 g/mol. The number of halogens is 1. The summed E-state index contributed by atoms with van der Waals surface area (Å²) in [6.45, 7) is 9.92. The van der Waals surface area contributed by atoms with Crippen LogP contribution in [0.15, 0.2) is 48.5 Å². The predicted molar refractivity (Wildman–Crippen MR) is 163 cm³/mol. The number of likely N-dealkylation sites (tertiary alicyclic amines) is 3. The molecule has 41 heavy (non-hydrogen) atoms. The van der Waals surface area contributed by atoms with E-state index in [1.807, 2.05) is 77.2 Å². The van der Waals surface area contributed by atoms with E-state index in [0.29, 0.717) is 49.3 Å². The summed E-state index contributed by atoms with van der Waals surface area (Å²) in [5.74, 6) is 1.09. The van der Waals surface area contributed by atoms with Gasteiger partial charge in [0, 0.05) is 82.1 Å². The molecule has 0 N–H and O–H groups in total. The number of carbonyl (C=O) groups excluding carboxylic acids is 3. The van der Waals surface area contributed by atoms with Crippen molar-refractivity contribution in [1.82, 2.24) is 14.7 Å². The number of carbonyl (C=O) groups is 3. The van der Waals surface area contributed by atoms with E-state index in [9.17, 15) is 14.4 Å². The van der Waals surface area contributed by atoms with Crippen molar-refractivity contribution >= 4 is 40.8 Å². The molecule has 2 aromatic carbocycles. The molecular weight excluding hydrogens is 538 g/mol. The number of fused-ring (bicyclic) bond motifs is 1. The van der Waals surface area contributed by atoms with Crippen LogP contribution in [0.2, 0.25) is 5.02 Å². The summed E-state index contributed by atoms with van der Waals surface area (Å²) in [5.41, 5.74) is 2.74. The Bertz CT molecular complexity index is 1240. The van der Waals surface area contributed by atoms with E-state index in [1.54, 1.807) is 11.8 Å². The minimum absolute atomic E-state index is 0.0669. The minimum atomic E-state index is -0.0886. The molecule has 0 saturated carbocycles. The number of hydrogen-bond acceptors (Lipinski definition) is 4. The first kappa shape index (κ1) is 29.4. The quantitative estimate of drug-likeness (QED) is 0.475. The van der Waals surface area contributed by atoms with Crippen LogP contribution < -0.4 is 9.80 Å². The number of hydrogen-bond donors (Lipinski definition) is 0. The van der Waals surface area contributed by atoms with Gasteiger partial charge in [-0.2, -0.15) is 0 Å². The molecule has 3 heterocycles. The van der Waals surface area contributed by atoms with Crippen molar-refractivity contribution in [2.75, 3.05) is 69.2 Å². The smallest absolute Gasteiger partial charge is 0.324 e. The normalized spacial score (nSPS) is 21.2. The zero-order valence-electron chi connectivity index (χ0n) is 24.5. The first-order valence-electron chi connectivity index (χ1n) is 14.8. The molecule has 5 rings (SSSR count). The number of para-hydroxylation sites is 1. The number of urea groups is 1. The molecule has 220 valence electrons. The van der Waals surface area contributed by atoms with Gasteiger partial charge in [-0.15, -0.1) is 0 Å². The second-order valence-corrected chi connectivity index (χ2v) is 12.3. The van der Waals surface area contributed by atoms with Crippen molar-refractivity contribution in [3.8, 4) is 0 Å². The van der Waals surface area contributed by atoms with E-state index in [1.165, 1.54) is 0 Å². The first-order chi connectivity index (χ1) is 19.7. The monoisotopic (exact) mass is 579 g/mol. The van der Waals surface area contributed by atoms with Gasteiger partial charge in [-0.3, -0.25) is 14.5 Å². The predicted octanol–water partition coefficient (Wildman–Crippen LogP) is 4.75. The number of amides is 4. The second kappa shape index (κ2) is 12.8. The fourth-order valence-corrected chi connectivity index (χ4v) is 6.81. The molecule has 2 atom stereocenters. The summed E-state index contributed by atoms with van der Waals surface area (Å²) in [6.07, 6.45) is 2.25. The fourth-order valence-electron chi connectivity index (χ4n) is 6.63. The molecule has 0 bridgehead atoms. The highest BCUT2D eigenvalue weighted by molar-refractivity contribution is 6.31. The lowest BCUT2D eigenvalue weighted by Gasteiger charge is -2.34. The summed E-state index contributed by atoms with van der Waals surface area (Å²) >= 11 is 6.46. The van der Waals surface area contributed by atoms with Crippen LogP contribution in [0.3, 0.4) is 0 Å². The first-order valence-corrected chi connectivity index (χ1v) is 15.2. The summed E-state index contributed by atoms with van der Waals surface area (Å²) in [4.78, 5) is 48.6. The van der Waals surface area contributed by atoms with Crippen molar-refractivity contribution in [3.05, 3.63) is 59.1 Å². The molecule has 0 spiro atoms. The van der Waals surface area contributed by atoms with Crippen LogP contribution >= 0.6 is 11.6 Å². The van der Waals surface area contributed by atoms with Crippen LogP contribution in [0.5, 0.6) is 0 Å². The number of aryl methyl sites for hydroxylation is 1. The molecule has 3 fully saturated rings. The SMILES string of the molecule is CC(=O)N1CCC(C(=O)N(CCCN2CC3CN(C(=O)N(C)c4ccccc4)CC3C2)c2ccc(C)c(Cl)c2)CC1. The van der Waals surface area contributed by atoms with Gasteiger partial charge in [0.2, 0.25) is 11.8 Å². The van der Waals surface area contributed by atoms with Gasteiger partial charge in [-0.25, -0.2) is 4.79 Å². The van der Waals surface area contributed by atoms with Crippen LogP contribution in [0.1, 0.15) is 31.7 Å². The van der Waals surface area contributed by atoms with E-state index < -0.39 is 0 Å². The molecule has 0 aromatic heterocycles. The van der Waals surface area contributed by atoms with Crippen molar-refractivity contribution < 1.29 is 14.4 Å². The van der Waals surface area contributed by atoms with Gasteiger partial charge in [0.25, 0.3) is 0 Å². The fraction of sp³-hybridized carbons (Fsp3) is 0.531. The Hall–Kier alpha value is -3.10. The molecule has 2 aromatic rings. The molecule has 3 saturated heterocycles. The van der Waals surface area contributed by atoms with Crippen LogP contribution in [0.25, 0.3) is 0 Å². The van der Waals surface area contributed by atoms with Crippen molar-refractivity contribution in [2.24, 2.45) is 17.8 Å². The third kappa shape index (κ3) is 6.70. The van der Waals surface area contributed by atoms with Gasteiger partial charge < -0.3 is 19.6 Å². The topological polar surface area (TPSA) is 67.4 Å².